The molecule has 6 heteroatoms. The summed E-state index contributed by atoms with van der Waals surface area (Å²) in [4.78, 5) is 0. The molecular formula is C13H19FO4S. The Hall–Kier alpha value is -1.14. The van der Waals surface area contributed by atoms with Gasteiger partial charge in [-0.2, -0.15) is 0 Å². The van der Waals surface area contributed by atoms with Crippen LogP contribution in [0.1, 0.15) is 31.9 Å². The molecular weight excluding hydrogens is 271 g/mol. The first kappa shape index (κ1) is 15.9. The summed E-state index contributed by atoms with van der Waals surface area (Å²) in [6, 6.07) is 4.09. The minimum atomic E-state index is -3.09. The minimum absolute atomic E-state index is 0.00417. The Morgan fingerprint density at radius 2 is 2.05 bits per heavy atom. The Balaban J connectivity index is 2.58. The van der Waals surface area contributed by atoms with Crippen LogP contribution in [0.2, 0.25) is 0 Å². The van der Waals surface area contributed by atoms with E-state index in [0.29, 0.717) is 6.42 Å². The lowest BCUT2D eigenvalue weighted by molar-refractivity contribution is 0.194. The predicted molar refractivity (Wildman–Crippen MR) is 71.5 cm³/mol. The number of hydrogen-bond acceptors (Lipinski definition) is 4. The lowest BCUT2D eigenvalue weighted by atomic mass is 10.1. The maximum absolute atomic E-state index is 13.5. The van der Waals surface area contributed by atoms with Gasteiger partial charge >= 0.3 is 0 Å². The number of hydrogen-bond donors (Lipinski definition) is 1. The van der Waals surface area contributed by atoms with Gasteiger partial charge in [-0.3, -0.25) is 0 Å². The van der Waals surface area contributed by atoms with Crippen LogP contribution < -0.4 is 4.74 Å². The van der Waals surface area contributed by atoms with Gasteiger partial charge in [0.15, 0.2) is 9.84 Å². The number of sulfone groups is 1. The van der Waals surface area contributed by atoms with Crippen molar-refractivity contribution in [1.29, 1.82) is 0 Å². The maximum atomic E-state index is 13.5. The molecule has 0 bridgehead atoms. The fourth-order valence-electron chi connectivity index (χ4n) is 1.64. The number of ether oxygens (including phenoxy) is 1. The van der Waals surface area contributed by atoms with Crippen LogP contribution in [0.5, 0.6) is 5.75 Å². The van der Waals surface area contributed by atoms with Gasteiger partial charge in [0.1, 0.15) is 18.2 Å². The van der Waals surface area contributed by atoms with E-state index in [1.165, 1.54) is 19.1 Å². The third-order valence-corrected chi connectivity index (χ3v) is 4.42. The molecule has 0 aliphatic rings. The molecule has 1 aromatic rings. The van der Waals surface area contributed by atoms with Gasteiger partial charge in [0.2, 0.25) is 0 Å². The molecule has 0 saturated heterocycles. The average Bonchev–Trinajstić information content (AvgIpc) is 2.28. The molecule has 0 radical (unpaired) electrons. The van der Waals surface area contributed by atoms with E-state index in [4.69, 9.17) is 4.74 Å². The zero-order valence-corrected chi connectivity index (χ0v) is 11.9. The van der Waals surface area contributed by atoms with Crippen LogP contribution in [-0.2, 0) is 9.84 Å². The van der Waals surface area contributed by atoms with Gasteiger partial charge in [-0.15, -0.1) is 0 Å². The summed E-state index contributed by atoms with van der Waals surface area (Å²) >= 11 is 0. The standard InChI is InChI=1S/C13H19FO4S/c1-3-7-19(16,17)8-6-18-11-4-5-12(10(2)15)13(14)9-11/h4-5,9-10,15H,3,6-8H2,1-2H3. The summed E-state index contributed by atoms with van der Waals surface area (Å²) in [6.45, 7) is 3.26. The highest BCUT2D eigenvalue weighted by Crippen LogP contribution is 2.21. The molecule has 1 unspecified atom stereocenters. The topological polar surface area (TPSA) is 63.6 Å². The molecule has 0 aliphatic carbocycles. The van der Waals surface area contributed by atoms with Crippen molar-refractivity contribution in [3.63, 3.8) is 0 Å². The van der Waals surface area contributed by atoms with Gasteiger partial charge in [-0.25, -0.2) is 12.8 Å². The highest BCUT2D eigenvalue weighted by atomic mass is 32.2. The SMILES string of the molecule is CCCS(=O)(=O)CCOc1ccc(C(C)O)c(F)c1. The van der Waals surface area contributed by atoms with Crippen molar-refractivity contribution < 1.29 is 22.7 Å². The summed E-state index contributed by atoms with van der Waals surface area (Å²) < 4.78 is 41.6. The minimum Gasteiger partial charge on any atom is -0.492 e. The fourth-order valence-corrected chi connectivity index (χ4v) is 2.80. The third-order valence-electron chi connectivity index (χ3n) is 2.60. The molecule has 0 aromatic heterocycles. The number of rotatable bonds is 7. The van der Waals surface area contributed by atoms with E-state index < -0.39 is 21.8 Å². The molecule has 108 valence electrons. The molecule has 1 rings (SSSR count). The molecule has 1 N–H and O–H groups in total. The van der Waals surface area contributed by atoms with E-state index in [0.717, 1.165) is 6.07 Å². The largest absolute Gasteiger partial charge is 0.492 e. The van der Waals surface area contributed by atoms with Gasteiger partial charge in [-0.05, 0) is 25.5 Å². The Morgan fingerprint density at radius 1 is 1.37 bits per heavy atom. The van der Waals surface area contributed by atoms with E-state index >= 15 is 0 Å². The predicted octanol–water partition coefficient (Wildman–Crippen LogP) is 2.08. The third kappa shape index (κ3) is 5.16. The van der Waals surface area contributed by atoms with Crippen LogP contribution in [0.4, 0.5) is 4.39 Å². The van der Waals surface area contributed by atoms with E-state index in [-0.39, 0.29) is 29.4 Å². The van der Waals surface area contributed by atoms with Crippen molar-refractivity contribution in [3.05, 3.63) is 29.6 Å². The van der Waals surface area contributed by atoms with Crippen molar-refractivity contribution in [3.8, 4) is 5.75 Å². The second-order valence-corrected chi connectivity index (χ2v) is 6.66. The van der Waals surface area contributed by atoms with Crippen LogP contribution >= 0.6 is 0 Å². The quantitative estimate of drug-likeness (QED) is 0.835. The fraction of sp³-hybridized carbons (Fsp3) is 0.538. The lowest BCUT2D eigenvalue weighted by Crippen LogP contribution is -2.16. The zero-order valence-electron chi connectivity index (χ0n) is 11.1. The number of benzene rings is 1. The summed E-state index contributed by atoms with van der Waals surface area (Å²) in [6.07, 6.45) is -0.320. The van der Waals surface area contributed by atoms with Crippen molar-refractivity contribution in [2.45, 2.75) is 26.4 Å². The normalized spacial score (nSPS) is 13.3. The summed E-state index contributed by atoms with van der Waals surface area (Å²) in [7, 11) is -3.09. The maximum Gasteiger partial charge on any atom is 0.153 e. The molecule has 1 atom stereocenters. The molecule has 0 saturated carbocycles. The Morgan fingerprint density at radius 3 is 2.58 bits per heavy atom. The van der Waals surface area contributed by atoms with Gasteiger partial charge in [0, 0.05) is 11.6 Å². The Kier molecular flexibility index (Phi) is 5.75. The first-order valence-corrected chi connectivity index (χ1v) is 7.98. The first-order valence-electron chi connectivity index (χ1n) is 6.16. The van der Waals surface area contributed by atoms with Crippen molar-refractivity contribution in [1.82, 2.24) is 0 Å². The van der Waals surface area contributed by atoms with E-state index in [9.17, 15) is 17.9 Å². The average molecular weight is 290 g/mol. The summed E-state index contributed by atoms with van der Waals surface area (Å²) in [5, 5.41) is 9.28. The molecule has 1 aromatic carbocycles. The lowest BCUT2D eigenvalue weighted by Gasteiger charge is -2.10. The van der Waals surface area contributed by atoms with Crippen LogP contribution in [-0.4, -0.2) is 31.6 Å². The number of aliphatic hydroxyl groups is 1. The van der Waals surface area contributed by atoms with Gasteiger partial charge in [0.25, 0.3) is 0 Å². The molecule has 0 amide bonds. The van der Waals surface area contributed by atoms with E-state index in [1.54, 1.807) is 6.92 Å². The van der Waals surface area contributed by atoms with Crippen LogP contribution in [0.15, 0.2) is 18.2 Å². The molecule has 0 heterocycles. The van der Waals surface area contributed by atoms with Crippen LogP contribution in [0.3, 0.4) is 0 Å². The molecule has 4 nitrogen and oxygen atoms in total. The molecule has 19 heavy (non-hydrogen) atoms. The highest BCUT2D eigenvalue weighted by molar-refractivity contribution is 7.91. The monoisotopic (exact) mass is 290 g/mol. The zero-order chi connectivity index (χ0) is 14.5. The van der Waals surface area contributed by atoms with Crippen LogP contribution in [0.25, 0.3) is 0 Å². The van der Waals surface area contributed by atoms with Crippen LogP contribution in [0, 0.1) is 5.82 Å². The number of halogens is 1. The summed E-state index contributed by atoms with van der Waals surface area (Å²) in [5.41, 5.74) is 0.186. The second-order valence-electron chi connectivity index (χ2n) is 4.36. The van der Waals surface area contributed by atoms with Gasteiger partial charge in [0.05, 0.1) is 17.6 Å². The second kappa shape index (κ2) is 6.86. The summed E-state index contributed by atoms with van der Waals surface area (Å²) in [5.74, 6) is -0.260. The molecule has 0 fully saturated rings. The molecule has 0 aliphatic heterocycles. The van der Waals surface area contributed by atoms with Crippen molar-refractivity contribution >= 4 is 9.84 Å². The van der Waals surface area contributed by atoms with Gasteiger partial charge in [-0.1, -0.05) is 6.92 Å². The molecule has 0 spiro atoms. The van der Waals surface area contributed by atoms with Crippen molar-refractivity contribution in [2.75, 3.05) is 18.1 Å². The van der Waals surface area contributed by atoms with E-state index in [2.05, 4.69) is 0 Å². The smallest absolute Gasteiger partial charge is 0.153 e. The van der Waals surface area contributed by atoms with E-state index in [1.807, 2.05) is 0 Å². The Labute approximate surface area is 113 Å². The van der Waals surface area contributed by atoms with Gasteiger partial charge < -0.3 is 9.84 Å². The first-order chi connectivity index (χ1) is 8.85. The number of aliphatic hydroxyl groups excluding tert-OH is 1. The Bertz CT molecular complexity index is 511. The highest BCUT2D eigenvalue weighted by Gasteiger charge is 2.11. The van der Waals surface area contributed by atoms with Crippen molar-refractivity contribution in [2.24, 2.45) is 0 Å².